The topological polar surface area (TPSA) is 35.8 Å². The zero-order valence-electron chi connectivity index (χ0n) is 6.39. The summed E-state index contributed by atoms with van der Waals surface area (Å²) >= 11 is 0. The Kier molecular flexibility index (Phi) is 1.56. The molecule has 0 atom stereocenters. The molecular weight excluding hydrogens is 155 g/mol. The number of nitrogens with zero attached hydrogens (tertiary/aromatic N) is 1. The lowest BCUT2D eigenvalue weighted by molar-refractivity contribution is 0.608. The van der Waals surface area contributed by atoms with Gasteiger partial charge < -0.3 is 5.32 Å². The van der Waals surface area contributed by atoms with E-state index in [4.69, 9.17) is 5.26 Å². The summed E-state index contributed by atoms with van der Waals surface area (Å²) in [6, 6.07) is 4.95. The molecule has 0 saturated heterocycles. The maximum absolute atomic E-state index is 13.1. The number of hydrogen-bond donors (Lipinski definition) is 1. The average Bonchev–Trinajstić information content (AvgIpc) is 2.52. The Labute approximate surface area is 69.6 Å². The minimum Gasteiger partial charge on any atom is -0.308 e. The van der Waals surface area contributed by atoms with E-state index in [9.17, 15) is 4.39 Å². The van der Waals surface area contributed by atoms with Crippen LogP contribution in [0.5, 0.6) is 0 Å². The molecule has 0 bridgehead atoms. The molecule has 12 heavy (non-hydrogen) atoms. The molecule has 2 nitrogen and oxygen atoms in total. The zero-order chi connectivity index (χ0) is 8.55. The third-order valence-corrected chi connectivity index (χ3v) is 2.03. The van der Waals surface area contributed by atoms with Crippen molar-refractivity contribution in [2.75, 3.05) is 0 Å². The number of rotatable bonds is 0. The van der Waals surface area contributed by atoms with Gasteiger partial charge in [0.25, 0.3) is 0 Å². The third kappa shape index (κ3) is 0.973. The molecule has 1 aromatic rings. The zero-order valence-corrected chi connectivity index (χ0v) is 6.39. The maximum atomic E-state index is 13.1. The van der Waals surface area contributed by atoms with Crippen molar-refractivity contribution >= 4 is 0 Å². The minimum absolute atomic E-state index is 0.269. The van der Waals surface area contributed by atoms with Gasteiger partial charge >= 0.3 is 0 Å². The van der Waals surface area contributed by atoms with Gasteiger partial charge in [0.15, 0.2) is 0 Å². The van der Waals surface area contributed by atoms with E-state index in [2.05, 4.69) is 5.32 Å². The van der Waals surface area contributed by atoms with Crippen LogP contribution in [0.1, 0.15) is 16.7 Å². The molecule has 1 N–H and O–H groups in total. The lowest BCUT2D eigenvalue weighted by atomic mass is 10.1. The Balaban J connectivity index is 2.60. The second-order valence-electron chi connectivity index (χ2n) is 2.81. The highest BCUT2D eigenvalue weighted by atomic mass is 19.1. The Morgan fingerprint density at radius 2 is 2.25 bits per heavy atom. The van der Waals surface area contributed by atoms with Gasteiger partial charge in [-0.3, -0.25) is 0 Å². The summed E-state index contributed by atoms with van der Waals surface area (Å²) < 4.78 is 13.1. The van der Waals surface area contributed by atoms with Crippen LogP contribution in [0.4, 0.5) is 4.39 Å². The first-order valence-electron chi connectivity index (χ1n) is 3.73. The Morgan fingerprint density at radius 3 is 3.00 bits per heavy atom. The highest BCUT2D eigenvalue weighted by molar-refractivity contribution is 5.40. The van der Waals surface area contributed by atoms with Crippen molar-refractivity contribution in [3.8, 4) is 6.07 Å². The van der Waals surface area contributed by atoms with E-state index >= 15 is 0 Å². The molecule has 3 heteroatoms. The van der Waals surface area contributed by atoms with Crippen molar-refractivity contribution < 1.29 is 4.39 Å². The summed E-state index contributed by atoms with van der Waals surface area (Å²) in [5.74, 6) is -0.269. The largest absolute Gasteiger partial charge is 0.308 e. The van der Waals surface area contributed by atoms with E-state index in [1.807, 2.05) is 6.07 Å². The molecule has 0 saturated carbocycles. The summed E-state index contributed by atoms with van der Waals surface area (Å²) in [6.45, 7) is 1.24. The van der Waals surface area contributed by atoms with E-state index in [0.717, 1.165) is 5.56 Å². The highest BCUT2D eigenvalue weighted by Crippen LogP contribution is 2.20. The minimum atomic E-state index is -0.269. The Bertz CT molecular complexity index is 366. The molecule has 0 radical (unpaired) electrons. The summed E-state index contributed by atoms with van der Waals surface area (Å²) in [5, 5.41) is 11.6. The molecule has 2 rings (SSSR count). The first kappa shape index (κ1) is 7.26. The molecule has 0 fully saturated rings. The standard InChI is InChI=1S/C9H7FN2/c10-9-2-6(3-11)1-7-4-12-5-8(7)9/h1-2,12H,4-5H2. The summed E-state index contributed by atoms with van der Waals surface area (Å²) in [7, 11) is 0. The van der Waals surface area contributed by atoms with Gasteiger partial charge in [0.05, 0.1) is 11.6 Å². The van der Waals surface area contributed by atoms with Crippen molar-refractivity contribution in [1.29, 1.82) is 5.26 Å². The van der Waals surface area contributed by atoms with Gasteiger partial charge in [-0.05, 0) is 17.7 Å². The van der Waals surface area contributed by atoms with Gasteiger partial charge in [-0.15, -0.1) is 0 Å². The van der Waals surface area contributed by atoms with Crippen LogP contribution in [0.25, 0.3) is 0 Å². The van der Waals surface area contributed by atoms with Crippen molar-refractivity contribution in [2.45, 2.75) is 13.1 Å². The second-order valence-corrected chi connectivity index (χ2v) is 2.81. The molecule has 1 heterocycles. The smallest absolute Gasteiger partial charge is 0.129 e. The van der Waals surface area contributed by atoms with E-state index in [0.29, 0.717) is 24.2 Å². The highest BCUT2D eigenvalue weighted by Gasteiger charge is 2.15. The fraction of sp³-hybridized carbons (Fsp3) is 0.222. The van der Waals surface area contributed by atoms with E-state index in [-0.39, 0.29) is 5.82 Å². The molecule has 0 amide bonds. The van der Waals surface area contributed by atoms with Crippen molar-refractivity contribution in [1.82, 2.24) is 5.32 Å². The van der Waals surface area contributed by atoms with Gasteiger partial charge in [0.2, 0.25) is 0 Å². The maximum Gasteiger partial charge on any atom is 0.129 e. The van der Waals surface area contributed by atoms with Gasteiger partial charge in [0.1, 0.15) is 5.82 Å². The predicted octanol–water partition coefficient (Wildman–Crippen LogP) is 1.30. The van der Waals surface area contributed by atoms with Gasteiger partial charge in [-0.25, -0.2) is 4.39 Å². The van der Waals surface area contributed by atoms with E-state index < -0.39 is 0 Å². The van der Waals surface area contributed by atoms with Crippen molar-refractivity contribution in [2.24, 2.45) is 0 Å². The molecule has 60 valence electrons. The molecule has 0 unspecified atom stereocenters. The van der Waals surface area contributed by atoms with Crippen molar-refractivity contribution in [3.63, 3.8) is 0 Å². The molecule has 1 aliphatic rings. The predicted molar refractivity (Wildman–Crippen MR) is 41.7 cm³/mol. The molecule has 0 spiro atoms. The van der Waals surface area contributed by atoms with Gasteiger partial charge in [-0.1, -0.05) is 0 Å². The fourth-order valence-electron chi connectivity index (χ4n) is 1.44. The summed E-state index contributed by atoms with van der Waals surface area (Å²) in [6.07, 6.45) is 0. The van der Waals surface area contributed by atoms with Crippen LogP contribution >= 0.6 is 0 Å². The van der Waals surface area contributed by atoms with Crippen LogP contribution in [-0.4, -0.2) is 0 Å². The molecule has 1 aliphatic heterocycles. The van der Waals surface area contributed by atoms with Crippen LogP contribution in [-0.2, 0) is 13.1 Å². The number of fused-ring (bicyclic) bond motifs is 1. The van der Waals surface area contributed by atoms with Gasteiger partial charge in [0, 0.05) is 18.7 Å². The molecule has 0 aliphatic carbocycles. The fourth-order valence-corrected chi connectivity index (χ4v) is 1.44. The second kappa shape index (κ2) is 2.58. The first-order chi connectivity index (χ1) is 5.81. The summed E-state index contributed by atoms with van der Waals surface area (Å²) in [5.41, 5.74) is 2.01. The number of hydrogen-bond acceptors (Lipinski definition) is 2. The monoisotopic (exact) mass is 162 g/mol. The Hall–Kier alpha value is -1.40. The van der Waals surface area contributed by atoms with Gasteiger partial charge in [-0.2, -0.15) is 5.26 Å². The lowest BCUT2D eigenvalue weighted by Crippen LogP contribution is -2.00. The van der Waals surface area contributed by atoms with E-state index in [1.54, 1.807) is 6.07 Å². The first-order valence-corrected chi connectivity index (χ1v) is 3.73. The molecule has 1 aromatic carbocycles. The quantitative estimate of drug-likeness (QED) is 0.624. The SMILES string of the molecule is N#Cc1cc(F)c2c(c1)CNC2. The van der Waals surface area contributed by atoms with Crippen LogP contribution in [0, 0.1) is 17.1 Å². The molecular formula is C9H7FN2. The number of nitriles is 1. The van der Waals surface area contributed by atoms with Crippen LogP contribution in [0.15, 0.2) is 12.1 Å². The normalized spacial score (nSPS) is 14.0. The lowest BCUT2D eigenvalue weighted by Gasteiger charge is -1.99. The number of halogens is 1. The van der Waals surface area contributed by atoms with E-state index in [1.165, 1.54) is 6.07 Å². The summed E-state index contributed by atoms with van der Waals surface area (Å²) in [4.78, 5) is 0. The number of nitrogens with one attached hydrogen (secondary N) is 1. The third-order valence-electron chi connectivity index (χ3n) is 2.03. The van der Waals surface area contributed by atoms with Crippen molar-refractivity contribution in [3.05, 3.63) is 34.6 Å². The van der Waals surface area contributed by atoms with Crippen LogP contribution < -0.4 is 5.32 Å². The average molecular weight is 162 g/mol. The van der Waals surface area contributed by atoms with Crippen LogP contribution in [0.3, 0.4) is 0 Å². The number of benzene rings is 1. The van der Waals surface area contributed by atoms with Crippen LogP contribution in [0.2, 0.25) is 0 Å². The molecule has 0 aromatic heterocycles. The Morgan fingerprint density at radius 1 is 1.42 bits per heavy atom.